The summed E-state index contributed by atoms with van der Waals surface area (Å²) in [5.74, 6) is 0.260. The summed E-state index contributed by atoms with van der Waals surface area (Å²) in [4.78, 5) is 0. The zero-order chi connectivity index (χ0) is 15.5. The van der Waals surface area contributed by atoms with E-state index in [1.165, 1.54) is 12.8 Å². The van der Waals surface area contributed by atoms with E-state index in [4.69, 9.17) is 16.7 Å². The fraction of sp³-hybridized carbons (Fsp3) is 0.278. The molecule has 4 heteroatoms. The number of phenolic OH excluding ortho intramolecular Hbond substituents is 1. The zero-order valence-electron chi connectivity index (χ0n) is 12.6. The Kier molecular flexibility index (Phi) is 4.34. The van der Waals surface area contributed by atoms with Crippen LogP contribution >= 0.6 is 11.6 Å². The van der Waals surface area contributed by atoms with Gasteiger partial charge in [0, 0.05) is 17.5 Å². The van der Waals surface area contributed by atoms with E-state index in [2.05, 4.69) is 6.92 Å². The van der Waals surface area contributed by atoms with Gasteiger partial charge in [0.05, 0.1) is 16.2 Å². The van der Waals surface area contributed by atoms with E-state index in [1.807, 2.05) is 35.0 Å². The lowest BCUT2D eigenvalue weighted by molar-refractivity contribution is 0.475. The fourth-order valence-corrected chi connectivity index (χ4v) is 2.98. The van der Waals surface area contributed by atoms with Crippen molar-refractivity contribution in [1.29, 1.82) is 0 Å². The molecule has 0 amide bonds. The molecule has 3 nitrogen and oxygen atoms in total. The van der Waals surface area contributed by atoms with Gasteiger partial charge in [-0.25, -0.2) is 0 Å². The third-order valence-electron chi connectivity index (χ3n) is 3.83. The molecule has 1 N–H and O–H groups in total. The Morgan fingerprint density at radius 3 is 2.59 bits per heavy atom. The minimum absolute atomic E-state index is 0.260. The van der Waals surface area contributed by atoms with E-state index < -0.39 is 0 Å². The summed E-state index contributed by atoms with van der Waals surface area (Å²) in [6.45, 7) is 3.06. The van der Waals surface area contributed by atoms with Crippen LogP contribution in [0.2, 0.25) is 5.02 Å². The number of hydrogen-bond acceptors (Lipinski definition) is 2. The molecule has 0 bridgehead atoms. The number of halogens is 1. The standard InChI is InChI=1S/C18H19ClN2O/c1-2-3-4-12-21-18(13-8-10-14(22)11-9-13)17-15(19)6-5-7-16(17)20-21/h5-11,22H,2-4,12H2,1H3. The van der Waals surface area contributed by atoms with Crippen molar-refractivity contribution in [2.45, 2.75) is 32.7 Å². The number of aromatic hydroxyl groups is 1. The van der Waals surface area contributed by atoms with E-state index in [-0.39, 0.29) is 5.75 Å². The molecule has 0 aliphatic carbocycles. The Morgan fingerprint density at radius 1 is 1.09 bits per heavy atom. The highest BCUT2D eigenvalue weighted by atomic mass is 35.5. The van der Waals surface area contributed by atoms with E-state index in [1.54, 1.807) is 12.1 Å². The van der Waals surface area contributed by atoms with Crippen molar-refractivity contribution in [1.82, 2.24) is 9.78 Å². The number of fused-ring (bicyclic) bond motifs is 1. The van der Waals surface area contributed by atoms with Crippen LogP contribution in [0.4, 0.5) is 0 Å². The molecule has 114 valence electrons. The predicted octanol–water partition coefficient (Wildman–Crippen LogP) is 5.25. The highest BCUT2D eigenvalue weighted by molar-refractivity contribution is 6.36. The van der Waals surface area contributed by atoms with Gasteiger partial charge >= 0.3 is 0 Å². The monoisotopic (exact) mass is 314 g/mol. The summed E-state index contributed by atoms with van der Waals surface area (Å²) in [7, 11) is 0. The molecule has 3 rings (SSSR count). The second-order valence-electron chi connectivity index (χ2n) is 5.46. The van der Waals surface area contributed by atoms with E-state index in [9.17, 15) is 5.11 Å². The maximum Gasteiger partial charge on any atom is 0.115 e. The van der Waals surface area contributed by atoms with Crippen molar-refractivity contribution in [3.8, 4) is 17.0 Å². The van der Waals surface area contributed by atoms with Gasteiger partial charge in [-0.3, -0.25) is 4.68 Å². The average molecular weight is 315 g/mol. The van der Waals surface area contributed by atoms with Gasteiger partial charge in [0.15, 0.2) is 0 Å². The van der Waals surface area contributed by atoms with Crippen LogP contribution in [0.15, 0.2) is 42.5 Å². The maximum absolute atomic E-state index is 9.52. The molecule has 0 spiro atoms. The lowest BCUT2D eigenvalue weighted by Gasteiger charge is -2.08. The Labute approximate surface area is 135 Å². The molecule has 0 saturated carbocycles. The van der Waals surface area contributed by atoms with Crippen molar-refractivity contribution in [3.63, 3.8) is 0 Å². The third kappa shape index (κ3) is 2.81. The molecule has 0 atom stereocenters. The molecular formula is C18H19ClN2O. The van der Waals surface area contributed by atoms with Crippen LogP contribution in [-0.2, 0) is 6.54 Å². The van der Waals surface area contributed by atoms with Crippen molar-refractivity contribution in [2.24, 2.45) is 0 Å². The van der Waals surface area contributed by atoms with Gasteiger partial charge in [0.25, 0.3) is 0 Å². The van der Waals surface area contributed by atoms with Gasteiger partial charge in [-0.05, 0) is 42.8 Å². The van der Waals surface area contributed by atoms with Crippen LogP contribution in [0.5, 0.6) is 5.75 Å². The topological polar surface area (TPSA) is 38.0 Å². The second kappa shape index (κ2) is 6.41. The van der Waals surface area contributed by atoms with Crippen LogP contribution in [0.25, 0.3) is 22.2 Å². The average Bonchev–Trinajstić information content (AvgIpc) is 2.88. The molecule has 22 heavy (non-hydrogen) atoms. The van der Waals surface area contributed by atoms with Gasteiger partial charge in [-0.2, -0.15) is 5.10 Å². The number of phenols is 1. The Morgan fingerprint density at radius 2 is 1.86 bits per heavy atom. The second-order valence-corrected chi connectivity index (χ2v) is 5.87. The summed E-state index contributed by atoms with van der Waals surface area (Å²) in [6.07, 6.45) is 3.45. The van der Waals surface area contributed by atoms with Crippen molar-refractivity contribution in [2.75, 3.05) is 0 Å². The Hall–Kier alpha value is -2.00. The van der Waals surface area contributed by atoms with Crippen molar-refractivity contribution in [3.05, 3.63) is 47.5 Å². The lowest BCUT2D eigenvalue weighted by atomic mass is 10.1. The molecule has 1 heterocycles. The largest absolute Gasteiger partial charge is 0.508 e. The van der Waals surface area contributed by atoms with Gasteiger partial charge in [0.2, 0.25) is 0 Å². The third-order valence-corrected chi connectivity index (χ3v) is 4.14. The van der Waals surface area contributed by atoms with Crippen molar-refractivity contribution < 1.29 is 5.11 Å². The predicted molar refractivity (Wildman–Crippen MR) is 91.4 cm³/mol. The van der Waals surface area contributed by atoms with Gasteiger partial charge in [0.1, 0.15) is 5.75 Å². The number of rotatable bonds is 5. The number of aromatic nitrogens is 2. The van der Waals surface area contributed by atoms with Gasteiger partial charge < -0.3 is 5.11 Å². The first-order valence-electron chi connectivity index (χ1n) is 7.65. The molecule has 1 aromatic heterocycles. The Bertz CT molecular complexity index is 778. The number of hydrogen-bond donors (Lipinski definition) is 1. The van der Waals surface area contributed by atoms with Crippen molar-refractivity contribution >= 4 is 22.5 Å². The molecule has 0 unspecified atom stereocenters. The van der Waals surface area contributed by atoms with E-state index in [0.29, 0.717) is 5.02 Å². The normalized spacial score (nSPS) is 11.2. The molecule has 0 radical (unpaired) electrons. The van der Waals surface area contributed by atoms with Crippen LogP contribution in [0, 0.1) is 0 Å². The minimum Gasteiger partial charge on any atom is -0.508 e. The van der Waals surface area contributed by atoms with E-state index >= 15 is 0 Å². The first-order valence-corrected chi connectivity index (χ1v) is 8.03. The molecule has 0 aliphatic rings. The highest BCUT2D eigenvalue weighted by Gasteiger charge is 2.15. The summed E-state index contributed by atoms with van der Waals surface area (Å²) >= 11 is 6.42. The first-order chi connectivity index (χ1) is 10.7. The SMILES string of the molecule is CCCCCn1nc2cccc(Cl)c2c1-c1ccc(O)cc1. The number of aryl methyl sites for hydroxylation is 1. The van der Waals surface area contributed by atoms with Gasteiger partial charge in [-0.1, -0.05) is 37.4 Å². The first kappa shape index (κ1) is 14.9. The molecule has 0 fully saturated rings. The van der Waals surface area contributed by atoms with Crippen LogP contribution in [0.1, 0.15) is 26.2 Å². The van der Waals surface area contributed by atoms with Crippen LogP contribution in [-0.4, -0.2) is 14.9 Å². The number of unbranched alkanes of at least 4 members (excludes halogenated alkanes) is 2. The maximum atomic E-state index is 9.52. The van der Waals surface area contributed by atoms with Crippen LogP contribution < -0.4 is 0 Å². The lowest BCUT2D eigenvalue weighted by Crippen LogP contribution is -2.02. The van der Waals surface area contributed by atoms with E-state index in [0.717, 1.165) is 35.1 Å². The smallest absolute Gasteiger partial charge is 0.115 e. The van der Waals surface area contributed by atoms with Crippen LogP contribution in [0.3, 0.4) is 0 Å². The summed E-state index contributed by atoms with van der Waals surface area (Å²) in [6, 6.07) is 13.0. The van der Waals surface area contributed by atoms with Gasteiger partial charge in [-0.15, -0.1) is 0 Å². The molecule has 2 aromatic carbocycles. The zero-order valence-corrected chi connectivity index (χ0v) is 13.3. The molecule has 0 aliphatic heterocycles. The highest BCUT2D eigenvalue weighted by Crippen LogP contribution is 2.34. The molecule has 3 aromatic rings. The minimum atomic E-state index is 0.260. The molecular weight excluding hydrogens is 296 g/mol. The fourth-order valence-electron chi connectivity index (χ4n) is 2.73. The quantitative estimate of drug-likeness (QED) is 0.653. The summed E-state index contributed by atoms with van der Waals surface area (Å²) < 4.78 is 2.04. The summed E-state index contributed by atoms with van der Waals surface area (Å²) in [5.41, 5.74) is 2.95. The Balaban J connectivity index is 2.15. The molecule has 0 saturated heterocycles. The number of benzene rings is 2. The number of nitrogens with zero attached hydrogens (tertiary/aromatic N) is 2. The summed E-state index contributed by atoms with van der Waals surface area (Å²) in [5, 5.41) is 15.9.